The van der Waals surface area contributed by atoms with E-state index >= 15 is 0 Å². The van der Waals surface area contributed by atoms with Crippen LogP contribution >= 0.6 is 0 Å². The van der Waals surface area contributed by atoms with Crippen LogP contribution < -0.4 is 5.32 Å². The second-order valence-corrected chi connectivity index (χ2v) is 7.05. The maximum absolute atomic E-state index is 6.04. The molecule has 0 aromatic carbocycles. The molecule has 0 bridgehead atoms. The number of H-pyrrole nitrogens is 1. The highest BCUT2D eigenvalue weighted by atomic mass is 16.5. The summed E-state index contributed by atoms with van der Waals surface area (Å²) >= 11 is 0. The van der Waals surface area contributed by atoms with Crippen LogP contribution in [0.5, 0.6) is 0 Å². The van der Waals surface area contributed by atoms with Gasteiger partial charge in [0.05, 0.1) is 11.3 Å². The van der Waals surface area contributed by atoms with Gasteiger partial charge in [0.1, 0.15) is 0 Å². The molecule has 22 heavy (non-hydrogen) atoms. The van der Waals surface area contributed by atoms with Crippen molar-refractivity contribution in [1.82, 2.24) is 20.4 Å². The molecule has 2 fully saturated rings. The van der Waals surface area contributed by atoms with E-state index in [1.165, 1.54) is 49.8 Å². The molecule has 0 amide bonds. The van der Waals surface area contributed by atoms with Crippen LogP contribution in [-0.2, 0) is 11.3 Å². The van der Waals surface area contributed by atoms with Crippen molar-refractivity contribution in [3.05, 3.63) is 17.5 Å². The smallest absolute Gasteiger partial charge is 0.0697 e. The molecule has 1 aromatic heterocycles. The number of ether oxygens (including phenoxy) is 1. The fraction of sp³-hybridized carbons (Fsp3) is 0.824. The van der Waals surface area contributed by atoms with Crippen molar-refractivity contribution in [1.29, 1.82) is 0 Å². The van der Waals surface area contributed by atoms with Crippen LogP contribution in [0.4, 0.5) is 0 Å². The van der Waals surface area contributed by atoms with Crippen molar-refractivity contribution >= 4 is 0 Å². The van der Waals surface area contributed by atoms with Crippen molar-refractivity contribution in [2.75, 3.05) is 33.8 Å². The zero-order valence-electron chi connectivity index (χ0n) is 14.0. The van der Waals surface area contributed by atoms with E-state index in [1.54, 1.807) is 0 Å². The van der Waals surface area contributed by atoms with Gasteiger partial charge in [-0.2, -0.15) is 5.10 Å². The Morgan fingerprint density at radius 2 is 2.23 bits per heavy atom. The van der Waals surface area contributed by atoms with E-state index in [0.717, 1.165) is 26.2 Å². The lowest BCUT2D eigenvalue weighted by Crippen LogP contribution is -2.33. The van der Waals surface area contributed by atoms with Gasteiger partial charge in [-0.25, -0.2) is 0 Å². The second kappa shape index (κ2) is 7.11. The molecule has 0 atom stereocenters. The molecule has 1 saturated heterocycles. The Morgan fingerprint density at radius 3 is 2.91 bits per heavy atom. The number of hydrogen-bond acceptors (Lipinski definition) is 4. The molecule has 3 rings (SSSR count). The maximum atomic E-state index is 6.04. The Kier molecular flexibility index (Phi) is 5.16. The Balaban J connectivity index is 1.58. The number of hydrogen-bond donors (Lipinski definition) is 2. The number of nitrogens with one attached hydrogen (secondary N) is 2. The van der Waals surface area contributed by atoms with E-state index in [4.69, 9.17) is 4.74 Å². The third-order valence-corrected chi connectivity index (χ3v) is 5.41. The minimum atomic E-state index is 0.219. The quantitative estimate of drug-likeness (QED) is 0.846. The minimum absolute atomic E-state index is 0.219. The number of rotatable bonds is 6. The Hall–Kier alpha value is -0.910. The molecule has 1 saturated carbocycles. The lowest BCUT2D eigenvalue weighted by atomic mass is 9.76. The maximum Gasteiger partial charge on any atom is 0.0697 e. The van der Waals surface area contributed by atoms with Crippen LogP contribution in [0.1, 0.15) is 55.7 Å². The minimum Gasteiger partial charge on any atom is -0.375 e. The van der Waals surface area contributed by atoms with Gasteiger partial charge in [0.2, 0.25) is 0 Å². The summed E-state index contributed by atoms with van der Waals surface area (Å²) in [5, 5.41) is 10.9. The predicted molar refractivity (Wildman–Crippen MR) is 88.0 cm³/mol. The molecule has 0 unspecified atom stereocenters. The molecular formula is C17H30N4O. The zero-order chi connectivity index (χ0) is 15.4. The van der Waals surface area contributed by atoms with Crippen LogP contribution in [0.3, 0.4) is 0 Å². The molecule has 1 aliphatic heterocycles. The Labute approximate surface area is 133 Å². The van der Waals surface area contributed by atoms with E-state index < -0.39 is 0 Å². The predicted octanol–water partition coefficient (Wildman–Crippen LogP) is 2.27. The number of aromatic nitrogens is 2. The van der Waals surface area contributed by atoms with Gasteiger partial charge >= 0.3 is 0 Å². The first-order valence-corrected chi connectivity index (χ1v) is 8.72. The lowest BCUT2D eigenvalue weighted by Gasteiger charge is -2.36. The van der Waals surface area contributed by atoms with E-state index in [1.807, 2.05) is 7.05 Å². The summed E-state index contributed by atoms with van der Waals surface area (Å²) in [7, 11) is 4.18. The van der Waals surface area contributed by atoms with Crippen LogP contribution in [0.2, 0.25) is 0 Å². The number of nitrogens with zero attached hydrogens (tertiary/aromatic N) is 2. The molecule has 2 heterocycles. The molecule has 5 heteroatoms. The van der Waals surface area contributed by atoms with Gasteiger partial charge < -0.3 is 15.0 Å². The largest absolute Gasteiger partial charge is 0.375 e. The molecule has 5 nitrogen and oxygen atoms in total. The first-order valence-electron chi connectivity index (χ1n) is 8.72. The van der Waals surface area contributed by atoms with Crippen molar-refractivity contribution in [2.45, 2.75) is 56.6 Å². The Morgan fingerprint density at radius 1 is 1.41 bits per heavy atom. The van der Waals surface area contributed by atoms with Gasteiger partial charge in [0.15, 0.2) is 0 Å². The van der Waals surface area contributed by atoms with Gasteiger partial charge in [-0.15, -0.1) is 0 Å². The summed E-state index contributed by atoms with van der Waals surface area (Å²) < 4.78 is 6.04. The van der Waals surface area contributed by atoms with Gasteiger partial charge in [0, 0.05) is 43.9 Å². The van der Waals surface area contributed by atoms with Crippen molar-refractivity contribution in [2.24, 2.45) is 0 Å². The van der Waals surface area contributed by atoms with E-state index in [9.17, 15) is 0 Å². The fourth-order valence-corrected chi connectivity index (χ4v) is 4.04. The van der Waals surface area contributed by atoms with Crippen molar-refractivity contribution in [3.63, 3.8) is 0 Å². The molecule has 2 aliphatic rings. The monoisotopic (exact) mass is 306 g/mol. The molecule has 124 valence electrons. The second-order valence-electron chi connectivity index (χ2n) is 7.05. The highest BCUT2D eigenvalue weighted by Crippen LogP contribution is 2.44. The summed E-state index contributed by atoms with van der Waals surface area (Å²) in [5.74, 6) is 0.605. The van der Waals surface area contributed by atoms with Crippen LogP contribution in [0.25, 0.3) is 0 Å². The number of likely N-dealkylation sites (N-methyl/N-ethyl adjacent to an activating group) is 2. The third-order valence-electron chi connectivity index (χ3n) is 5.41. The fourth-order valence-electron chi connectivity index (χ4n) is 4.04. The SMILES string of the molecule is CNCCN(C)Cc1c[nH]nc1[C@H]1CC[C@@]2(CCCO2)CC1. The normalized spacial score (nSPS) is 28.8. The molecule has 1 aromatic rings. The molecule has 1 aliphatic carbocycles. The standard InChI is InChI=1S/C17H30N4O/c1-18-9-10-21(2)13-15-12-19-20-16(15)14-4-7-17(8-5-14)6-3-11-22-17/h12,14,18H,3-11,13H2,1-2H3,(H,19,20)/t14-,17-. The van der Waals surface area contributed by atoms with Gasteiger partial charge in [-0.3, -0.25) is 5.10 Å². The Bertz CT molecular complexity index is 457. The molecule has 2 N–H and O–H groups in total. The number of aromatic amines is 1. The van der Waals surface area contributed by atoms with Gasteiger partial charge in [-0.05, 0) is 52.6 Å². The summed E-state index contributed by atoms with van der Waals surface area (Å²) in [4.78, 5) is 2.36. The molecular weight excluding hydrogens is 276 g/mol. The van der Waals surface area contributed by atoms with Crippen LogP contribution in [-0.4, -0.2) is 54.5 Å². The topological polar surface area (TPSA) is 53.2 Å². The van der Waals surface area contributed by atoms with E-state index in [0.29, 0.717) is 5.92 Å². The highest BCUT2D eigenvalue weighted by molar-refractivity contribution is 5.21. The average molecular weight is 306 g/mol. The van der Waals surface area contributed by atoms with Gasteiger partial charge in [-0.1, -0.05) is 0 Å². The summed E-state index contributed by atoms with van der Waals surface area (Å²) in [6.07, 6.45) is 9.45. The molecule has 0 radical (unpaired) electrons. The van der Waals surface area contributed by atoms with Gasteiger partial charge in [0.25, 0.3) is 0 Å². The highest BCUT2D eigenvalue weighted by Gasteiger charge is 2.39. The van der Waals surface area contributed by atoms with E-state index in [-0.39, 0.29) is 5.60 Å². The van der Waals surface area contributed by atoms with Crippen molar-refractivity contribution < 1.29 is 4.74 Å². The first-order chi connectivity index (χ1) is 10.7. The zero-order valence-corrected chi connectivity index (χ0v) is 14.0. The van der Waals surface area contributed by atoms with Crippen LogP contribution in [0, 0.1) is 0 Å². The average Bonchev–Trinajstić information content (AvgIpc) is 3.16. The third kappa shape index (κ3) is 3.53. The summed E-state index contributed by atoms with van der Waals surface area (Å²) in [6, 6.07) is 0. The summed E-state index contributed by atoms with van der Waals surface area (Å²) in [6.45, 7) is 4.02. The van der Waals surface area contributed by atoms with E-state index in [2.05, 4.69) is 33.7 Å². The van der Waals surface area contributed by atoms with Crippen LogP contribution in [0.15, 0.2) is 6.20 Å². The lowest BCUT2D eigenvalue weighted by molar-refractivity contribution is -0.0284. The molecule has 1 spiro atoms. The summed E-state index contributed by atoms with van der Waals surface area (Å²) in [5.41, 5.74) is 2.88. The van der Waals surface area contributed by atoms with Crippen molar-refractivity contribution in [3.8, 4) is 0 Å². The first kappa shape index (κ1) is 16.0.